The van der Waals surface area contributed by atoms with Gasteiger partial charge in [0.1, 0.15) is 11.6 Å². The quantitative estimate of drug-likeness (QED) is 0.887. The van der Waals surface area contributed by atoms with E-state index < -0.39 is 5.60 Å². The van der Waals surface area contributed by atoms with Crippen molar-refractivity contribution < 1.29 is 9.50 Å². The summed E-state index contributed by atoms with van der Waals surface area (Å²) in [6, 6.07) is 9.78. The number of nitrogen functional groups attached to an aromatic ring is 1. The zero-order valence-corrected chi connectivity index (χ0v) is 10.8. The minimum absolute atomic E-state index is 0.278. The second-order valence-corrected chi connectivity index (χ2v) is 5.02. The van der Waals surface area contributed by atoms with Gasteiger partial charge in [0.05, 0.1) is 5.60 Å². The van der Waals surface area contributed by atoms with Crippen molar-refractivity contribution in [2.45, 2.75) is 25.4 Å². The average molecular weight is 260 g/mol. The molecule has 0 bridgehead atoms. The molecule has 1 atom stereocenters. The third-order valence-corrected chi connectivity index (χ3v) is 3.00. The van der Waals surface area contributed by atoms with Crippen LogP contribution in [0, 0.1) is 5.82 Å². The lowest BCUT2D eigenvalue weighted by Crippen LogP contribution is -2.30. The number of pyridine rings is 1. The lowest BCUT2D eigenvalue weighted by molar-refractivity contribution is 0.0609. The largest absolute Gasteiger partial charge is 0.389 e. The Morgan fingerprint density at radius 3 is 2.53 bits per heavy atom. The number of hydrogen-bond acceptors (Lipinski definition) is 3. The molecule has 2 rings (SSSR count). The number of anilines is 1. The predicted molar refractivity (Wildman–Crippen MR) is 73.1 cm³/mol. The third kappa shape index (κ3) is 3.76. The molecule has 0 amide bonds. The first-order chi connectivity index (χ1) is 8.96. The summed E-state index contributed by atoms with van der Waals surface area (Å²) in [6.45, 7) is 1.74. The van der Waals surface area contributed by atoms with Gasteiger partial charge >= 0.3 is 0 Å². The Labute approximate surface area is 111 Å². The van der Waals surface area contributed by atoms with Crippen LogP contribution in [0.1, 0.15) is 18.1 Å². The topological polar surface area (TPSA) is 59.1 Å². The third-order valence-electron chi connectivity index (χ3n) is 3.00. The summed E-state index contributed by atoms with van der Waals surface area (Å²) in [4.78, 5) is 4.00. The van der Waals surface area contributed by atoms with Crippen LogP contribution < -0.4 is 5.73 Å². The van der Waals surface area contributed by atoms with E-state index in [1.807, 2.05) is 6.07 Å². The van der Waals surface area contributed by atoms with E-state index in [1.165, 1.54) is 12.1 Å². The van der Waals surface area contributed by atoms with Crippen molar-refractivity contribution in [1.29, 1.82) is 0 Å². The van der Waals surface area contributed by atoms with Crippen molar-refractivity contribution >= 4 is 5.82 Å². The van der Waals surface area contributed by atoms with E-state index in [-0.39, 0.29) is 5.82 Å². The van der Waals surface area contributed by atoms with Crippen LogP contribution in [0.15, 0.2) is 42.6 Å². The zero-order valence-electron chi connectivity index (χ0n) is 10.8. The summed E-state index contributed by atoms with van der Waals surface area (Å²) in [6.07, 6.45) is 2.46. The van der Waals surface area contributed by atoms with E-state index in [9.17, 15) is 9.50 Å². The minimum Gasteiger partial charge on any atom is -0.389 e. The van der Waals surface area contributed by atoms with Gasteiger partial charge in [0.15, 0.2) is 0 Å². The summed E-state index contributed by atoms with van der Waals surface area (Å²) >= 11 is 0. The number of nitrogens with zero attached hydrogens (tertiary/aromatic N) is 1. The molecule has 1 heterocycles. The lowest BCUT2D eigenvalue weighted by Gasteiger charge is -2.24. The molecule has 4 heteroatoms. The minimum atomic E-state index is -0.949. The first-order valence-corrected chi connectivity index (χ1v) is 6.12. The van der Waals surface area contributed by atoms with Crippen LogP contribution in [-0.2, 0) is 12.8 Å². The molecule has 0 saturated carbocycles. The molecule has 0 fully saturated rings. The van der Waals surface area contributed by atoms with Crippen molar-refractivity contribution in [3.05, 3.63) is 59.5 Å². The number of hydrogen-bond donors (Lipinski definition) is 2. The van der Waals surface area contributed by atoms with Crippen molar-refractivity contribution in [2.24, 2.45) is 0 Å². The maximum Gasteiger partial charge on any atom is 0.126 e. The summed E-state index contributed by atoms with van der Waals surface area (Å²) in [7, 11) is 0. The molecule has 2 aromatic rings. The number of halogens is 1. The zero-order chi connectivity index (χ0) is 13.9. The average Bonchev–Trinajstić information content (AvgIpc) is 2.35. The molecule has 0 spiro atoms. The Balaban J connectivity index is 2.10. The van der Waals surface area contributed by atoms with Crippen molar-refractivity contribution in [3.8, 4) is 0 Å². The van der Waals surface area contributed by atoms with E-state index in [2.05, 4.69) is 4.98 Å². The monoisotopic (exact) mass is 260 g/mol. The predicted octanol–water partition coefficient (Wildman–Crippen LogP) is 2.34. The highest BCUT2D eigenvalue weighted by atomic mass is 19.1. The fraction of sp³-hybridized carbons (Fsp3) is 0.267. The summed E-state index contributed by atoms with van der Waals surface area (Å²) in [5.74, 6) is 0.154. The highest BCUT2D eigenvalue weighted by Crippen LogP contribution is 2.21. The molecular formula is C15H17FN2O. The fourth-order valence-electron chi connectivity index (χ4n) is 2.12. The van der Waals surface area contributed by atoms with Crippen LogP contribution >= 0.6 is 0 Å². The van der Waals surface area contributed by atoms with Crippen molar-refractivity contribution in [1.82, 2.24) is 4.98 Å². The molecule has 0 aliphatic heterocycles. The van der Waals surface area contributed by atoms with Crippen LogP contribution in [0.5, 0.6) is 0 Å². The molecule has 0 radical (unpaired) electrons. The Morgan fingerprint density at radius 1 is 1.21 bits per heavy atom. The summed E-state index contributed by atoms with van der Waals surface area (Å²) < 4.78 is 12.8. The van der Waals surface area contributed by atoms with Gasteiger partial charge in [0, 0.05) is 19.0 Å². The van der Waals surface area contributed by atoms with Gasteiger partial charge in [0.25, 0.3) is 0 Å². The van der Waals surface area contributed by atoms with Gasteiger partial charge < -0.3 is 10.8 Å². The molecule has 19 heavy (non-hydrogen) atoms. The number of aliphatic hydroxyl groups is 1. The van der Waals surface area contributed by atoms with Gasteiger partial charge in [-0.15, -0.1) is 0 Å². The molecule has 0 aliphatic rings. The molecule has 0 aliphatic carbocycles. The maximum atomic E-state index is 12.8. The van der Waals surface area contributed by atoms with E-state index >= 15 is 0 Å². The van der Waals surface area contributed by atoms with Crippen molar-refractivity contribution in [3.63, 3.8) is 0 Å². The first kappa shape index (κ1) is 13.5. The Morgan fingerprint density at radius 2 is 1.89 bits per heavy atom. The highest BCUT2D eigenvalue weighted by Gasteiger charge is 2.22. The molecule has 3 nitrogen and oxygen atoms in total. The number of nitrogens with two attached hydrogens (primary N) is 1. The number of benzene rings is 1. The molecule has 1 aromatic carbocycles. The highest BCUT2D eigenvalue weighted by molar-refractivity contribution is 5.39. The van der Waals surface area contributed by atoms with E-state index in [0.717, 1.165) is 11.1 Å². The molecule has 100 valence electrons. The summed E-state index contributed by atoms with van der Waals surface area (Å²) in [5.41, 5.74) is 6.52. The molecule has 3 N–H and O–H groups in total. The standard InChI is InChI=1S/C15H17FN2O/c1-15(19,9-11-4-6-13(16)7-5-11)10-12-3-2-8-18-14(12)17/h2-8,19H,9-10H2,1H3,(H2,17,18). The first-order valence-electron chi connectivity index (χ1n) is 6.12. The van der Waals surface area contributed by atoms with Gasteiger partial charge in [-0.2, -0.15) is 0 Å². The second kappa shape index (κ2) is 5.36. The fourth-order valence-corrected chi connectivity index (χ4v) is 2.12. The van der Waals surface area contributed by atoms with Crippen LogP contribution in [0.2, 0.25) is 0 Å². The number of rotatable bonds is 4. The van der Waals surface area contributed by atoms with Gasteiger partial charge in [-0.3, -0.25) is 0 Å². The second-order valence-electron chi connectivity index (χ2n) is 5.02. The Hall–Kier alpha value is -1.94. The molecule has 0 saturated heterocycles. The van der Waals surface area contributed by atoms with E-state index in [0.29, 0.717) is 18.7 Å². The van der Waals surface area contributed by atoms with Gasteiger partial charge in [-0.25, -0.2) is 9.37 Å². The van der Waals surface area contributed by atoms with Crippen LogP contribution in [-0.4, -0.2) is 15.7 Å². The smallest absolute Gasteiger partial charge is 0.126 e. The SMILES string of the molecule is CC(O)(Cc1ccc(F)cc1)Cc1cccnc1N. The molecule has 1 aromatic heterocycles. The Kier molecular flexibility index (Phi) is 3.81. The van der Waals surface area contributed by atoms with Crippen molar-refractivity contribution in [2.75, 3.05) is 5.73 Å². The van der Waals surface area contributed by atoms with Gasteiger partial charge in [-0.1, -0.05) is 18.2 Å². The lowest BCUT2D eigenvalue weighted by atomic mass is 9.90. The van der Waals surface area contributed by atoms with Crippen LogP contribution in [0.4, 0.5) is 10.2 Å². The Bertz CT molecular complexity index is 552. The van der Waals surface area contributed by atoms with Crippen LogP contribution in [0.3, 0.4) is 0 Å². The number of aromatic nitrogens is 1. The van der Waals surface area contributed by atoms with Gasteiger partial charge in [0.2, 0.25) is 0 Å². The van der Waals surface area contributed by atoms with Crippen LogP contribution in [0.25, 0.3) is 0 Å². The molecule has 1 unspecified atom stereocenters. The van der Waals surface area contributed by atoms with E-state index in [1.54, 1.807) is 31.3 Å². The maximum absolute atomic E-state index is 12.8. The normalized spacial score (nSPS) is 14.1. The molecular weight excluding hydrogens is 243 g/mol. The summed E-state index contributed by atoms with van der Waals surface area (Å²) in [5, 5.41) is 10.4. The van der Waals surface area contributed by atoms with E-state index in [4.69, 9.17) is 5.73 Å². The van der Waals surface area contributed by atoms with Gasteiger partial charge in [-0.05, 0) is 36.2 Å².